The quantitative estimate of drug-likeness (QED) is 0.458. The summed E-state index contributed by atoms with van der Waals surface area (Å²) < 4.78 is 6.23. The summed E-state index contributed by atoms with van der Waals surface area (Å²) in [6.45, 7) is 9.71. The molecule has 3 nitrogen and oxygen atoms in total. The topological polar surface area (TPSA) is 41.6 Å². The van der Waals surface area contributed by atoms with Crippen LogP contribution in [0.1, 0.15) is 75.5 Å². The van der Waals surface area contributed by atoms with Crippen molar-refractivity contribution in [2.24, 2.45) is 17.8 Å². The van der Waals surface area contributed by atoms with E-state index in [1.807, 2.05) is 6.08 Å². The number of allylic oxidation sites excluding steroid dienone is 3. The Balaban J connectivity index is 1.58. The van der Waals surface area contributed by atoms with E-state index in [0.717, 1.165) is 37.3 Å². The Morgan fingerprint density at radius 3 is 2.69 bits per heavy atom. The zero-order valence-corrected chi connectivity index (χ0v) is 20.8. The zero-order chi connectivity index (χ0) is 22.9. The van der Waals surface area contributed by atoms with Crippen LogP contribution in [-0.4, -0.2) is 24.2 Å². The van der Waals surface area contributed by atoms with Crippen LogP contribution in [0.15, 0.2) is 41.5 Å². The summed E-state index contributed by atoms with van der Waals surface area (Å²) in [5, 5.41) is 4.79. The van der Waals surface area contributed by atoms with Crippen molar-refractivity contribution in [3.8, 4) is 0 Å². The van der Waals surface area contributed by atoms with Crippen molar-refractivity contribution in [2.75, 3.05) is 6.61 Å². The molecular weight excluding hydrogens is 418 g/mol. The highest BCUT2D eigenvalue weighted by molar-refractivity contribution is 6.31. The number of benzene rings is 1. The van der Waals surface area contributed by atoms with Gasteiger partial charge in [-0.2, -0.15) is 0 Å². The van der Waals surface area contributed by atoms with Gasteiger partial charge in [-0.05, 0) is 66.7 Å². The number of hydrogen-bond acceptors (Lipinski definition) is 3. The highest BCUT2D eigenvalue weighted by atomic mass is 35.5. The number of ketones is 1. The molecule has 2 aliphatic carbocycles. The van der Waals surface area contributed by atoms with Crippen LogP contribution in [0.2, 0.25) is 0 Å². The van der Waals surface area contributed by atoms with Gasteiger partial charge in [0.2, 0.25) is 0 Å². The lowest BCUT2D eigenvalue weighted by atomic mass is 9.70. The number of carbonyl (C=O) groups excluding carboxylic acids is 1. The Hall–Kier alpha value is -1.42. The number of nitrogens with one attached hydrogen (secondary N) is 1. The van der Waals surface area contributed by atoms with E-state index < -0.39 is 0 Å². The first-order chi connectivity index (χ1) is 15.3. The fraction of sp³-hybridized carbons (Fsp3) is 0.607. The molecule has 174 valence electrons. The summed E-state index contributed by atoms with van der Waals surface area (Å²) >= 11 is 6.18. The van der Waals surface area contributed by atoms with Crippen molar-refractivity contribution in [3.63, 3.8) is 0 Å². The minimum Gasteiger partial charge on any atom is -0.353 e. The maximum Gasteiger partial charge on any atom is 0.146 e. The van der Waals surface area contributed by atoms with E-state index in [1.54, 1.807) is 0 Å². The van der Waals surface area contributed by atoms with E-state index >= 15 is 0 Å². The third kappa shape index (κ3) is 5.05. The lowest BCUT2D eigenvalue weighted by Gasteiger charge is -2.40. The molecule has 0 radical (unpaired) electrons. The average molecular weight is 456 g/mol. The molecule has 1 saturated carbocycles. The van der Waals surface area contributed by atoms with E-state index in [4.69, 9.17) is 16.3 Å². The van der Waals surface area contributed by atoms with Gasteiger partial charge in [-0.3, -0.25) is 10.1 Å². The fourth-order valence-electron chi connectivity index (χ4n) is 5.90. The minimum atomic E-state index is -0.326. The van der Waals surface area contributed by atoms with Crippen molar-refractivity contribution in [1.29, 1.82) is 0 Å². The smallest absolute Gasteiger partial charge is 0.146 e. The molecule has 1 heterocycles. The van der Waals surface area contributed by atoms with Crippen molar-refractivity contribution < 1.29 is 9.53 Å². The molecule has 1 aliphatic heterocycles. The van der Waals surface area contributed by atoms with Crippen molar-refractivity contribution in [3.05, 3.63) is 58.1 Å². The average Bonchev–Trinajstić information content (AvgIpc) is 3.53. The second-order valence-corrected chi connectivity index (χ2v) is 10.8. The number of hydrogen-bond donors (Lipinski definition) is 1. The molecule has 32 heavy (non-hydrogen) atoms. The van der Waals surface area contributed by atoms with Gasteiger partial charge >= 0.3 is 0 Å². The van der Waals surface area contributed by atoms with Crippen LogP contribution in [0.25, 0.3) is 0 Å². The Morgan fingerprint density at radius 2 is 2.09 bits per heavy atom. The Bertz CT molecular complexity index is 899. The predicted octanol–water partition coefficient (Wildman–Crippen LogP) is 6.44. The number of ether oxygens (including phenoxy) is 1. The van der Waals surface area contributed by atoms with Crippen LogP contribution in [-0.2, 0) is 16.0 Å². The van der Waals surface area contributed by atoms with Crippen LogP contribution >= 0.6 is 11.6 Å². The van der Waals surface area contributed by atoms with Crippen LogP contribution in [0.4, 0.5) is 0 Å². The molecule has 0 bridgehead atoms. The van der Waals surface area contributed by atoms with Crippen LogP contribution in [0.5, 0.6) is 0 Å². The lowest BCUT2D eigenvalue weighted by Crippen LogP contribution is -2.53. The number of Topliss-reactive ketones (excluding diaryl/α,β-unsaturated/α-hetero) is 1. The molecule has 4 rings (SSSR count). The molecule has 4 heteroatoms. The first-order valence-corrected chi connectivity index (χ1v) is 12.8. The van der Waals surface area contributed by atoms with Crippen LogP contribution in [0, 0.1) is 24.7 Å². The molecule has 2 fully saturated rings. The highest BCUT2D eigenvalue weighted by Gasteiger charge is 2.57. The van der Waals surface area contributed by atoms with Gasteiger partial charge in [0.05, 0.1) is 6.61 Å². The number of aryl methyl sites for hydroxylation is 2. The molecule has 5 unspecified atom stereocenters. The van der Waals surface area contributed by atoms with Gasteiger partial charge in [-0.15, -0.1) is 0 Å². The third-order valence-electron chi connectivity index (χ3n) is 7.67. The van der Waals surface area contributed by atoms with Gasteiger partial charge < -0.3 is 4.74 Å². The van der Waals surface area contributed by atoms with Gasteiger partial charge in [0.15, 0.2) is 0 Å². The molecule has 1 aromatic carbocycles. The van der Waals surface area contributed by atoms with Crippen LogP contribution in [0.3, 0.4) is 0 Å². The number of carbonyl (C=O) groups is 1. The SMILES string of the molecule is CCCc1ccc(C2CC(=O)CCC2C2(NC(C(C)C)C3C=CC(Cl)=CC3)CO2)c(C)c1. The molecule has 0 aromatic heterocycles. The fourth-order valence-corrected chi connectivity index (χ4v) is 6.06. The molecule has 0 spiro atoms. The summed E-state index contributed by atoms with van der Waals surface area (Å²) in [5.41, 5.74) is 3.70. The van der Waals surface area contributed by atoms with E-state index in [9.17, 15) is 4.79 Å². The highest BCUT2D eigenvalue weighted by Crippen LogP contribution is 2.49. The van der Waals surface area contributed by atoms with Crippen molar-refractivity contribution in [1.82, 2.24) is 5.32 Å². The zero-order valence-electron chi connectivity index (χ0n) is 20.0. The summed E-state index contributed by atoms with van der Waals surface area (Å²) in [4.78, 5) is 12.5. The lowest BCUT2D eigenvalue weighted by molar-refractivity contribution is -0.122. The van der Waals surface area contributed by atoms with Gasteiger partial charge in [0.1, 0.15) is 11.5 Å². The molecule has 3 aliphatic rings. The Morgan fingerprint density at radius 1 is 1.31 bits per heavy atom. The summed E-state index contributed by atoms with van der Waals surface area (Å²) in [6, 6.07) is 7.17. The molecule has 1 N–H and O–H groups in total. The maximum absolute atomic E-state index is 12.5. The predicted molar refractivity (Wildman–Crippen MR) is 132 cm³/mol. The van der Waals surface area contributed by atoms with Gasteiger partial charge in [-0.1, -0.05) is 69.1 Å². The van der Waals surface area contributed by atoms with Crippen molar-refractivity contribution >= 4 is 17.4 Å². The monoisotopic (exact) mass is 455 g/mol. The Labute approximate surface area is 198 Å². The Kier molecular flexibility index (Phi) is 7.29. The number of rotatable bonds is 8. The summed E-state index contributed by atoms with van der Waals surface area (Å²) in [7, 11) is 0. The van der Waals surface area contributed by atoms with E-state index in [-0.39, 0.29) is 11.6 Å². The van der Waals surface area contributed by atoms with Crippen LogP contribution < -0.4 is 5.32 Å². The van der Waals surface area contributed by atoms with E-state index in [2.05, 4.69) is 63.4 Å². The van der Waals surface area contributed by atoms with Crippen molar-refractivity contribution in [2.45, 2.75) is 83.9 Å². The summed E-state index contributed by atoms with van der Waals surface area (Å²) in [6.07, 6.45) is 11.8. The maximum atomic E-state index is 12.5. The molecular formula is C28H38ClNO2. The number of epoxide rings is 1. The van der Waals surface area contributed by atoms with Gasteiger partial charge in [0.25, 0.3) is 0 Å². The van der Waals surface area contributed by atoms with Gasteiger partial charge in [-0.25, -0.2) is 0 Å². The third-order valence-corrected chi connectivity index (χ3v) is 7.95. The summed E-state index contributed by atoms with van der Waals surface area (Å²) in [5.74, 6) is 1.77. The second-order valence-electron chi connectivity index (χ2n) is 10.4. The second kappa shape index (κ2) is 9.83. The normalized spacial score (nSPS) is 31.0. The van der Waals surface area contributed by atoms with E-state index in [1.165, 1.54) is 16.7 Å². The number of halogens is 1. The first kappa shape index (κ1) is 23.7. The first-order valence-electron chi connectivity index (χ1n) is 12.4. The molecule has 5 atom stereocenters. The molecule has 1 saturated heterocycles. The minimum absolute atomic E-state index is 0.214. The largest absolute Gasteiger partial charge is 0.353 e. The molecule has 1 aromatic rings. The van der Waals surface area contributed by atoms with E-state index in [0.29, 0.717) is 42.4 Å². The standard InChI is InChI=1S/C28H38ClNO2/c1-5-6-20-7-13-24(19(4)15-20)25-16-23(31)12-14-26(25)28(17-32-28)30-27(18(2)3)21-8-10-22(29)11-9-21/h7-8,10-11,13,15,18,21,25-27,30H,5-6,9,12,14,16-17H2,1-4H3. The van der Waals surface area contributed by atoms with Gasteiger partial charge in [0, 0.05) is 29.8 Å². The molecule has 0 amide bonds.